The van der Waals surface area contributed by atoms with Gasteiger partial charge < -0.3 is 5.32 Å². The van der Waals surface area contributed by atoms with Gasteiger partial charge in [0, 0.05) is 13.6 Å². The Kier molecular flexibility index (Phi) is 7.60. The van der Waals surface area contributed by atoms with Crippen LogP contribution >= 0.6 is 0 Å². The molecule has 0 radical (unpaired) electrons. The van der Waals surface area contributed by atoms with Crippen molar-refractivity contribution in [3.8, 4) is 0 Å². The highest BCUT2D eigenvalue weighted by molar-refractivity contribution is 5.34. The van der Waals surface area contributed by atoms with Gasteiger partial charge in [-0.05, 0) is 49.9 Å². The van der Waals surface area contributed by atoms with Crippen LogP contribution in [0.3, 0.4) is 0 Å². The van der Waals surface area contributed by atoms with Crippen molar-refractivity contribution in [2.75, 3.05) is 25.5 Å². The monoisotopic (exact) mass is 277 g/mol. The molecule has 0 saturated heterocycles. The number of hydrogen-bond donors (Lipinski definition) is 1. The Balaban J connectivity index is 2.61. The minimum Gasteiger partial charge on any atom is -0.373 e. The Morgan fingerprint density at radius 1 is 1.05 bits per heavy atom. The van der Waals surface area contributed by atoms with E-state index in [0.717, 1.165) is 43.0 Å². The summed E-state index contributed by atoms with van der Waals surface area (Å²) >= 11 is 0. The third kappa shape index (κ3) is 6.90. The van der Waals surface area contributed by atoms with Gasteiger partial charge in [-0.2, -0.15) is 0 Å². The second kappa shape index (κ2) is 8.96. The lowest BCUT2D eigenvalue weighted by molar-refractivity contribution is 0.233. The maximum absolute atomic E-state index is 4.63. The highest BCUT2D eigenvalue weighted by Crippen LogP contribution is 2.11. The number of hydrogen-bond acceptors (Lipinski definition) is 3. The summed E-state index contributed by atoms with van der Waals surface area (Å²) in [6, 6.07) is 6.21. The van der Waals surface area contributed by atoms with Crippen LogP contribution in [0, 0.1) is 11.8 Å². The molecule has 1 rings (SSSR count). The summed E-state index contributed by atoms with van der Waals surface area (Å²) in [6.45, 7) is 12.4. The molecule has 0 unspecified atom stereocenters. The predicted molar refractivity (Wildman–Crippen MR) is 88.0 cm³/mol. The minimum absolute atomic E-state index is 0.758. The average Bonchev–Trinajstić information content (AvgIpc) is 2.41. The van der Waals surface area contributed by atoms with Gasteiger partial charge >= 0.3 is 0 Å². The molecule has 1 aromatic rings. The van der Waals surface area contributed by atoms with Crippen LogP contribution in [-0.2, 0) is 6.54 Å². The Labute approximate surface area is 124 Å². The first kappa shape index (κ1) is 17.0. The first-order valence-corrected chi connectivity index (χ1v) is 7.87. The molecule has 0 aliphatic rings. The fourth-order valence-electron chi connectivity index (χ4n) is 2.09. The quantitative estimate of drug-likeness (QED) is 0.739. The summed E-state index contributed by atoms with van der Waals surface area (Å²) in [4.78, 5) is 7.18. The fraction of sp³-hybridized carbons (Fsp3) is 0.706. The van der Waals surface area contributed by atoms with E-state index in [1.54, 1.807) is 0 Å². The van der Waals surface area contributed by atoms with E-state index in [0.29, 0.717) is 0 Å². The second-order valence-electron chi connectivity index (χ2n) is 6.41. The molecular formula is C17H31N3. The van der Waals surface area contributed by atoms with Crippen molar-refractivity contribution in [3.05, 3.63) is 23.9 Å². The topological polar surface area (TPSA) is 28.2 Å². The van der Waals surface area contributed by atoms with Crippen molar-refractivity contribution in [3.63, 3.8) is 0 Å². The summed E-state index contributed by atoms with van der Waals surface area (Å²) in [7, 11) is 1.92. The third-order valence-corrected chi connectivity index (χ3v) is 3.49. The van der Waals surface area contributed by atoms with Crippen molar-refractivity contribution >= 4 is 5.82 Å². The van der Waals surface area contributed by atoms with Gasteiger partial charge in [-0.1, -0.05) is 33.8 Å². The van der Waals surface area contributed by atoms with Gasteiger partial charge in [0.15, 0.2) is 0 Å². The van der Waals surface area contributed by atoms with Gasteiger partial charge in [-0.25, -0.2) is 4.98 Å². The first-order valence-electron chi connectivity index (χ1n) is 7.87. The molecule has 20 heavy (non-hydrogen) atoms. The first-order chi connectivity index (χ1) is 9.51. The van der Waals surface area contributed by atoms with Crippen LogP contribution in [0.4, 0.5) is 5.82 Å². The maximum Gasteiger partial charge on any atom is 0.126 e. The Bertz CT molecular complexity index is 362. The summed E-state index contributed by atoms with van der Waals surface area (Å²) < 4.78 is 0. The number of rotatable bonds is 9. The molecule has 0 aliphatic heterocycles. The molecule has 0 amide bonds. The number of nitrogens with one attached hydrogen (secondary N) is 1. The van der Waals surface area contributed by atoms with Gasteiger partial charge in [-0.15, -0.1) is 0 Å². The van der Waals surface area contributed by atoms with Crippen molar-refractivity contribution in [2.45, 2.75) is 47.1 Å². The summed E-state index contributed by atoms with van der Waals surface area (Å²) in [6.07, 6.45) is 2.51. The predicted octanol–water partition coefficient (Wildman–Crippen LogP) is 4.02. The van der Waals surface area contributed by atoms with E-state index in [2.05, 4.69) is 55.0 Å². The van der Waals surface area contributed by atoms with E-state index < -0.39 is 0 Å². The minimum atomic E-state index is 0.758. The Morgan fingerprint density at radius 3 is 2.15 bits per heavy atom. The van der Waals surface area contributed by atoms with E-state index in [4.69, 9.17) is 0 Å². The zero-order valence-corrected chi connectivity index (χ0v) is 13.8. The lowest BCUT2D eigenvalue weighted by Crippen LogP contribution is -2.27. The van der Waals surface area contributed by atoms with Crippen molar-refractivity contribution < 1.29 is 0 Å². The molecule has 0 fully saturated rings. The van der Waals surface area contributed by atoms with Crippen LogP contribution in [0.5, 0.6) is 0 Å². The molecule has 3 heteroatoms. The van der Waals surface area contributed by atoms with Crippen LogP contribution < -0.4 is 5.32 Å². The van der Waals surface area contributed by atoms with Crippen molar-refractivity contribution in [2.24, 2.45) is 11.8 Å². The molecule has 0 aromatic carbocycles. The smallest absolute Gasteiger partial charge is 0.126 e. The third-order valence-electron chi connectivity index (χ3n) is 3.49. The molecule has 0 saturated carbocycles. The number of anilines is 1. The summed E-state index contributed by atoms with van der Waals surface area (Å²) in [5.41, 5.74) is 1.16. The second-order valence-corrected chi connectivity index (χ2v) is 6.41. The molecule has 3 nitrogen and oxygen atoms in total. The van der Waals surface area contributed by atoms with Crippen LogP contribution in [0.1, 0.15) is 46.2 Å². The maximum atomic E-state index is 4.63. The van der Waals surface area contributed by atoms with Gasteiger partial charge in [-0.3, -0.25) is 4.90 Å². The number of aromatic nitrogens is 1. The molecule has 1 aromatic heterocycles. The molecular weight excluding hydrogens is 246 g/mol. The van der Waals surface area contributed by atoms with Gasteiger partial charge in [0.25, 0.3) is 0 Å². The van der Waals surface area contributed by atoms with E-state index >= 15 is 0 Å². The Hall–Kier alpha value is -1.09. The largest absolute Gasteiger partial charge is 0.373 e. The normalized spacial score (nSPS) is 11.6. The Morgan fingerprint density at radius 2 is 1.65 bits per heavy atom. The molecule has 0 bridgehead atoms. The number of nitrogens with zero attached hydrogens (tertiary/aromatic N) is 2. The highest BCUT2D eigenvalue weighted by atomic mass is 15.1. The van der Waals surface area contributed by atoms with E-state index in [1.165, 1.54) is 12.8 Å². The zero-order chi connectivity index (χ0) is 15.0. The molecule has 0 spiro atoms. The zero-order valence-electron chi connectivity index (χ0n) is 13.8. The molecule has 1 heterocycles. The van der Waals surface area contributed by atoms with E-state index in [-0.39, 0.29) is 0 Å². The van der Waals surface area contributed by atoms with E-state index in [9.17, 15) is 0 Å². The molecule has 114 valence electrons. The lowest BCUT2D eigenvalue weighted by Gasteiger charge is -2.24. The van der Waals surface area contributed by atoms with Crippen LogP contribution in [0.25, 0.3) is 0 Å². The SMILES string of the molecule is CNc1cccc(CN(CCC(C)C)CCC(C)C)n1. The standard InChI is InChI=1S/C17H31N3/c1-14(2)9-11-20(12-10-15(3)4)13-16-7-6-8-17(18-5)19-16/h6-8,14-15H,9-13H2,1-5H3,(H,18,19). The summed E-state index contributed by atoms with van der Waals surface area (Å²) in [5, 5.41) is 3.11. The number of pyridine rings is 1. The van der Waals surface area contributed by atoms with Crippen LogP contribution in [0.2, 0.25) is 0 Å². The molecule has 1 N–H and O–H groups in total. The van der Waals surface area contributed by atoms with E-state index in [1.807, 2.05) is 13.1 Å². The molecule has 0 aliphatic carbocycles. The molecule has 0 atom stereocenters. The lowest BCUT2D eigenvalue weighted by atomic mass is 10.1. The van der Waals surface area contributed by atoms with Crippen molar-refractivity contribution in [1.82, 2.24) is 9.88 Å². The van der Waals surface area contributed by atoms with Crippen LogP contribution in [0.15, 0.2) is 18.2 Å². The van der Waals surface area contributed by atoms with Gasteiger partial charge in [0.2, 0.25) is 0 Å². The van der Waals surface area contributed by atoms with Gasteiger partial charge in [0.1, 0.15) is 5.82 Å². The van der Waals surface area contributed by atoms with Crippen molar-refractivity contribution in [1.29, 1.82) is 0 Å². The van der Waals surface area contributed by atoms with Crippen LogP contribution in [-0.4, -0.2) is 30.0 Å². The fourth-order valence-corrected chi connectivity index (χ4v) is 2.09. The van der Waals surface area contributed by atoms with Gasteiger partial charge in [0.05, 0.1) is 5.69 Å². The average molecular weight is 277 g/mol. The highest BCUT2D eigenvalue weighted by Gasteiger charge is 2.09. The summed E-state index contributed by atoms with van der Waals surface area (Å²) in [5.74, 6) is 2.47.